The van der Waals surface area contributed by atoms with Crippen molar-refractivity contribution in [2.24, 2.45) is 11.1 Å². The van der Waals surface area contributed by atoms with Crippen LogP contribution in [0.25, 0.3) is 0 Å². The maximum absolute atomic E-state index is 5.76. The van der Waals surface area contributed by atoms with Gasteiger partial charge < -0.3 is 10.6 Å². The third-order valence-corrected chi connectivity index (χ3v) is 3.29. The quantitative estimate of drug-likeness (QED) is 0.920. The minimum atomic E-state index is 0.142. The summed E-state index contributed by atoms with van der Waals surface area (Å²) in [5.74, 6) is 0. The average Bonchev–Trinajstić information content (AvgIpc) is 2.21. The number of nitrogens with two attached hydrogens (primary N) is 1. The highest BCUT2D eigenvalue weighted by Gasteiger charge is 2.19. The lowest BCUT2D eigenvalue weighted by atomic mass is 9.93. The Morgan fingerprint density at radius 1 is 1.38 bits per heavy atom. The summed E-state index contributed by atoms with van der Waals surface area (Å²) in [7, 11) is 2.12. The SMILES string of the molecule is Cc1ccc(Br)cc1N(C)CC(C)(C)CN. The first-order valence-electron chi connectivity index (χ1n) is 5.53. The zero-order chi connectivity index (χ0) is 12.3. The van der Waals surface area contributed by atoms with Crippen molar-refractivity contribution in [1.29, 1.82) is 0 Å². The van der Waals surface area contributed by atoms with Crippen LogP contribution >= 0.6 is 15.9 Å². The van der Waals surface area contributed by atoms with E-state index >= 15 is 0 Å². The predicted octanol–water partition coefficient (Wildman–Crippen LogP) is 3.18. The summed E-state index contributed by atoms with van der Waals surface area (Å²) in [5, 5.41) is 0. The second-order valence-electron chi connectivity index (χ2n) is 5.16. The molecule has 1 aromatic rings. The monoisotopic (exact) mass is 284 g/mol. The fourth-order valence-electron chi connectivity index (χ4n) is 1.79. The number of aryl methyl sites for hydroxylation is 1. The molecule has 0 amide bonds. The lowest BCUT2D eigenvalue weighted by Crippen LogP contribution is -2.37. The fraction of sp³-hybridized carbons (Fsp3) is 0.538. The minimum absolute atomic E-state index is 0.142. The van der Waals surface area contributed by atoms with Gasteiger partial charge in [0.1, 0.15) is 0 Å². The van der Waals surface area contributed by atoms with E-state index < -0.39 is 0 Å². The van der Waals surface area contributed by atoms with Crippen LogP contribution in [0.15, 0.2) is 22.7 Å². The fourth-order valence-corrected chi connectivity index (χ4v) is 2.13. The highest BCUT2D eigenvalue weighted by Crippen LogP contribution is 2.26. The van der Waals surface area contributed by atoms with Crippen molar-refractivity contribution in [3.05, 3.63) is 28.2 Å². The first-order valence-corrected chi connectivity index (χ1v) is 6.32. The summed E-state index contributed by atoms with van der Waals surface area (Å²) in [4.78, 5) is 2.27. The van der Waals surface area contributed by atoms with Crippen LogP contribution in [0.1, 0.15) is 19.4 Å². The summed E-state index contributed by atoms with van der Waals surface area (Å²) in [5.41, 5.74) is 8.46. The van der Waals surface area contributed by atoms with Gasteiger partial charge in [-0.25, -0.2) is 0 Å². The molecule has 90 valence electrons. The van der Waals surface area contributed by atoms with Crippen LogP contribution in [-0.4, -0.2) is 20.1 Å². The Kier molecular flexibility index (Phi) is 4.39. The van der Waals surface area contributed by atoms with Crippen molar-refractivity contribution in [2.45, 2.75) is 20.8 Å². The topological polar surface area (TPSA) is 29.3 Å². The molecule has 0 heterocycles. The van der Waals surface area contributed by atoms with Gasteiger partial charge in [-0.15, -0.1) is 0 Å². The Balaban J connectivity index is 2.88. The third kappa shape index (κ3) is 3.49. The molecule has 0 atom stereocenters. The van der Waals surface area contributed by atoms with Gasteiger partial charge in [-0.3, -0.25) is 0 Å². The number of nitrogens with zero attached hydrogens (tertiary/aromatic N) is 1. The predicted molar refractivity (Wildman–Crippen MR) is 75.0 cm³/mol. The molecule has 0 aromatic heterocycles. The van der Waals surface area contributed by atoms with E-state index in [9.17, 15) is 0 Å². The maximum atomic E-state index is 5.76. The van der Waals surface area contributed by atoms with Gasteiger partial charge in [0, 0.05) is 23.8 Å². The Bertz CT molecular complexity index is 361. The van der Waals surface area contributed by atoms with E-state index in [4.69, 9.17) is 5.73 Å². The minimum Gasteiger partial charge on any atom is -0.374 e. The summed E-state index contributed by atoms with van der Waals surface area (Å²) < 4.78 is 1.12. The smallest absolute Gasteiger partial charge is 0.0404 e. The van der Waals surface area contributed by atoms with Crippen LogP contribution in [0.5, 0.6) is 0 Å². The molecule has 0 radical (unpaired) electrons. The van der Waals surface area contributed by atoms with Crippen molar-refractivity contribution < 1.29 is 0 Å². The molecule has 0 fully saturated rings. The van der Waals surface area contributed by atoms with Crippen molar-refractivity contribution in [3.63, 3.8) is 0 Å². The maximum Gasteiger partial charge on any atom is 0.0404 e. The lowest BCUT2D eigenvalue weighted by molar-refractivity contribution is 0.385. The first-order chi connectivity index (χ1) is 7.35. The van der Waals surface area contributed by atoms with E-state index in [0.717, 1.165) is 11.0 Å². The summed E-state index contributed by atoms with van der Waals surface area (Å²) in [6, 6.07) is 6.36. The van der Waals surface area contributed by atoms with E-state index in [1.807, 2.05) is 0 Å². The highest BCUT2D eigenvalue weighted by atomic mass is 79.9. The van der Waals surface area contributed by atoms with E-state index in [1.54, 1.807) is 0 Å². The van der Waals surface area contributed by atoms with Crippen LogP contribution in [0.3, 0.4) is 0 Å². The molecule has 0 saturated carbocycles. The van der Waals surface area contributed by atoms with Gasteiger partial charge in [-0.2, -0.15) is 0 Å². The van der Waals surface area contributed by atoms with Crippen molar-refractivity contribution in [2.75, 3.05) is 25.0 Å². The number of hydrogen-bond acceptors (Lipinski definition) is 2. The Morgan fingerprint density at radius 2 is 2.00 bits per heavy atom. The van der Waals surface area contributed by atoms with Crippen molar-refractivity contribution in [1.82, 2.24) is 0 Å². The van der Waals surface area contributed by atoms with E-state index in [-0.39, 0.29) is 5.41 Å². The third-order valence-electron chi connectivity index (χ3n) is 2.80. The van der Waals surface area contributed by atoms with Crippen LogP contribution in [0, 0.1) is 12.3 Å². The number of rotatable bonds is 4. The number of hydrogen-bond donors (Lipinski definition) is 1. The van der Waals surface area contributed by atoms with E-state index in [1.165, 1.54) is 11.3 Å². The van der Waals surface area contributed by atoms with Gasteiger partial charge >= 0.3 is 0 Å². The molecular formula is C13H21BrN2. The first kappa shape index (κ1) is 13.5. The van der Waals surface area contributed by atoms with Crippen LogP contribution < -0.4 is 10.6 Å². The van der Waals surface area contributed by atoms with Gasteiger partial charge in [0.15, 0.2) is 0 Å². The van der Waals surface area contributed by atoms with Crippen molar-refractivity contribution >= 4 is 21.6 Å². The molecule has 1 aromatic carbocycles. The zero-order valence-corrected chi connectivity index (χ0v) is 12.1. The van der Waals surface area contributed by atoms with Crippen LogP contribution in [0.2, 0.25) is 0 Å². The van der Waals surface area contributed by atoms with Gasteiger partial charge in [0.2, 0.25) is 0 Å². The van der Waals surface area contributed by atoms with Gasteiger partial charge in [0.25, 0.3) is 0 Å². The molecule has 1 rings (SSSR count). The van der Waals surface area contributed by atoms with Gasteiger partial charge in [0.05, 0.1) is 0 Å². The molecule has 0 unspecified atom stereocenters. The molecule has 0 bridgehead atoms. The molecule has 16 heavy (non-hydrogen) atoms. The summed E-state index contributed by atoms with van der Waals surface area (Å²) in [6.07, 6.45) is 0. The second kappa shape index (κ2) is 5.19. The zero-order valence-electron chi connectivity index (χ0n) is 10.5. The number of benzene rings is 1. The standard InChI is InChI=1S/C13H21BrN2/c1-10-5-6-11(14)7-12(10)16(4)9-13(2,3)8-15/h5-7H,8-9,15H2,1-4H3. The lowest BCUT2D eigenvalue weighted by Gasteiger charge is -2.31. The van der Waals surface area contributed by atoms with Crippen LogP contribution in [0.4, 0.5) is 5.69 Å². The highest BCUT2D eigenvalue weighted by molar-refractivity contribution is 9.10. The summed E-state index contributed by atoms with van der Waals surface area (Å²) >= 11 is 3.51. The average molecular weight is 285 g/mol. The molecule has 3 heteroatoms. The number of halogens is 1. The molecule has 2 N–H and O–H groups in total. The van der Waals surface area contributed by atoms with E-state index in [2.05, 4.69) is 66.8 Å². The molecule has 0 aliphatic rings. The Hall–Kier alpha value is -0.540. The summed E-state index contributed by atoms with van der Waals surface area (Å²) in [6.45, 7) is 8.17. The number of anilines is 1. The normalized spacial score (nSPS) is 11.6. The molecular weight excluding hydrogens is 264 g/mol. The van der Waals surface area contributed by atoms with E-state index in [0.29, 0.717) is 6.54 Å². The van der Waals surface area contributed by atoms with Crippen LogP contribution in [-0.2, 0) is 0 Å². The molecule has 0 saturated heterocycles. The van der Waals surface area contributed by atoms with Crippen molar-refractivity contribution in [3.8, 4) is 0 Å². The largest absolute Gasteiger partial charge is 0.374 e. The molecule has 2 nitrogen and oxygen atoms in total. The molecule has 0 aliphatic heterocycles. The second-order valence-corrected chi connectivity index (χ2v) is 6.07. The van der Waals surface area contributed by atoms with Gasteiger partial charge in [-0.05, 0) is 36.6 Å². The molecule has 0 aliphatic carbocycles. The van der Waals surface area contributed by atoms with Gasteiger partial charge in [-0.1, -0.05) is 35.8 Å². The molecule has 0 spiro atoms. The Morgan fingerprint density at radius 3 is 2.56 bits per heavy atom. The Labute approximate surface area is 107 Å².